The normalized spacial score (nSPS) is 16.4. The van der Waals surface area contributed by atoms with Gasteiger partial charge in [-0.05, 0) is 37.0 Å². The van der Waals surface area contributed by atoms with Crippen molar-refractivity contribution in [3.8, 4) is 0 Å². The van der Waals surface area contributed by atoms with Gasteiger partial charge in [0.25, 0.3) is 0 Å². The van der Waals surface area contributed by atoms with Gasteiger partial charge in [0.1, 0.15) is 11.9 Å². The molecule has 1 fully saturated rings. The first-order valence-corrected chi connectivity index (χ1v) is 10.9. The second kappa shape index (κ2) is 11.6. The molecular weight excluding hydrogens is 383 g/mol. The van der Waals surface area contributed by atoms with Crippen LogP contribution in [0.4, 0.5) is 0 Å². The predicted molar refractivity (Wildman–Crippen MR) is 111 cm³/mol. The van der Waals surface area contributed by atoms with Crippen molar-refractivity contribution in [2.24, 2.45) is 0 Å². The Labute approximate surface area is 172 Å². The van der Waals surface area contributed by atoms with Gasteiger partial charge in [0, 0.05) is 17.6 Å². The lowest BCUT2D eigenvalue weighted by Crippen LogP contribution is -2.47. The van der Waals surface area contributed by atoms with Gasteiger partial charge in [0.15, 0.2) is 0 Å². The number of hydrogen-bond acceptors (Lipinski definition) is 2. The first kappa shape index (κ1) is 22.0. The standard InChI is InChI=1S/C21H30Cl2N2O2/c1-2-3-14-25(19(26)15-22)20(16-10-12-17(23)13-11-16)21(27)24-18-8-6-4-5-7-9-18/h10-13,18,20H,2-9,14-15H2,1H3,(H,24,27)/t20-/m0/s1. The summed E-state index contributed by atoms with van der Waals surface area (Å²) in [5.74, 6) is -0.482. The Hall–Kier alpha value is -1.26. The number of alkyl halides is 1. The van der Waals surface area contributed by atoms with Gasteiger partial charge in [0.2, 0.25) is 11.8 Å². The second-order valence-electron chi connectivity index (χ2n) is 7.23. The van der Waals surface area contributed by atoms with Crippen LogP contribution in [0.25, 0.3) is 0 Å². The fourth-order valence-corrected chi connectivity index (χ4v) is 3.90. The van der Waals surface area contributed by atoms with Gasteiger partial charge >= 0.3 is 0 Å². The summed E-state index contributed by atoms with van der Waals surface area (Å²) < 4.78 is 0. The van der Waals surface area contributed by atoms with E-state index < -0.39 is 6.04 Å². The maximum Gasteiger partial charge on any atom is 0.247 e. The lowest BCUT2D eigenvalue weighted by atomic mass is 10.0. The van der Waals surface area contributed by atoms with Gasteiger partial charge in [-0.1, -0.05) is 62.8 Å². The van der Waals surface area contributed by atoms with Gasteiger partial charge in [-0.3, -0.25) is 9.59 Å². The Bertz CT molecular complexity index is 599. The molecule has 1 aliphatic carbocycles. The molecule has 4 nitrogen and oxygen atoms in total. The summed E-state index contributed by atoms with van der Waals surface area (Å²) in [4.78, 5) is 27.4. The molecule has 2 amide bonds. The summed E-state index contributed by atoms with van der Waals surface area (Å²) in [5, 5.41) is 3.80. The highest BCUT2D eigenvalue weighted by Gasteiger charge is 2.32. The fraction of sp³-hybridized carbons (Fsp3) is 0.619. The molecule has 27 heavy (non-hydrogen) atoms. The van der Waals surface area contributed by atoms with E-state index in [2.05, 4.69) is 12.2 Å². The van der Waals surface area contributed by atoms with Gasteiger partial charge < -0.3 is 10.2 Å². The molecule has 1 aromatic rings. The Morgan fingerprint density at radius 2 is 1.78 bits per heavy atom. The van der Waals surface area contributed by atoms with E-state index in [0.717, 1.165) is 44.1 Å². The zero-order chi connectivity index (χ0) is 19.6. The minimum Gasteiger partial charge on any atom is -0.351 e. The monoisotopic (exact) mass is 412 g/mol. The Balaban J connectivity index is 2.27. The summed E-state index contributed by atoms with van der Waals surface area (Å²) in [6, 6.07) is 6.65. The summed E-state index contributed by atoms with van der Waals surface area (Å²) >= 11 is 11.9. The molecule has 0 heterocycles. The number of carbonyl (C=O) groups is 2. The molecule has 0 aliphatic heterocycles. The van der Waals surface area contributed by atoms with Gasteiger partial charge in [-0.15, -0.1) is 11.6 Å². The van der Waals surface area contributed by atoms with Crippen LogP contribution in [0, 0.1) is 0 Å². The number of nitrogens with one attached hydrogen (secondary N) is 1. The molecule has 0 saturated heterocycles. The molecule has 1 saturated carbocycles. The number of amides is 2. The highest BCUT2D eigenvalue weighted by Crippen LogP contribution is 2.26. The molecule has 2 rings (SSSR count). The second-order valence-corrected chi connectivity index (χ2v) is 7.93. The average Bonchev–Trinajstić information content (AvgIpc) is 2.94. The molecule has 6 heteroatoms. The van der Waals surface area contributed by atoms with Crippen molar-refractivity contribution < 1.29 is 9.59 Å². The van der Waals surface area contributed by atoms with Crippen molar-refractivity contribution in [3.05, 3.63) is 34.9 Å². The Morgan fingerprint density at radius 3 is 2.33 bits per heavy atom. The topological polar surface area (TPSA) is 49.4 Å². The Kier molecular flexibility index (Phi) is 9.43. The van der Waals surface area contributed by atoms with Crippen LogP contribution in [0.2, 0.25) is 5.02 Å². The molecule has 0 aromatic heterocycles. The number of rotatable bonds is 8. The molecule has 1 atom stereocenters. The van der Waals surface area contributed by atoms with Crippen LogP contribution in [0.5, 0.6) is 0 Å². The van der Waals surface area contributed by atoms with E-state index in [4.69, 9.17) is 23.2 Å². The molecule has 0 bridgehead atoms. The van der Waals surface area contributed by atoms with Crippen LogP contribution in [0.3, 0.4) is 0 Å². The summed E-state index contributed by atoms with van der Waals surface area (Å²) in [6.45, 7) is 2.57. The zero-order valence-corrected chi connectivity index (χ0v) is 17.6. The third-order valence-corrected chi connectivity index (χ3v) is 5.62. The molecule has 1 aliphatic rings. The molecule has 0 unspecified atom stereocenters. The van der Waals surface area contributed by atoms with E-state index in [1.54, 1.807) is 17.0 Å². The first-order valence-electron chi connectivity index (χ1n) is 9.98. The molecular formula is C21H30Cl2N2O2. The van der Waals surface area contributed by atoms with Crippen LogP contribution in [0.1, 0.15) is 69.9 Å². The van der Waals surface area contributed by atoms with Crippen LogP contribution < -0.4 is 5.32 Å². The van der Waals surface area contributed by atoms with E-state index in [1.165, 1.54) is 12.8 Å². The Morgan fingerprint density at radius 1 is 1.15 bits per heavy atom. The fourth-order valence-electron chi connectivity index (χ4n) is 3.62. The average molecular weight is 413 g/mol. The van der Waals surface area contributed by atoms with Crippen LogP contribution in [-0.4, -0.2) is 35.2 Å². The van der Waals surface area contributed by atoms with E-state index in [-0.39, 0.29) is 23.7 Å². The molecule has 0 radical (unpaired) electrons. The van der Waals surface area contributed by atoms with Crippen molar-refractivity contribution in [1.82, 2.24) is 10.2 Å². The minimum absolute atomic E-state index is 0.126. The smallest absolute Gasteiger partial charge is 0.247 e. The maximum absolute atomic E-state index is 13.3. The quantitative estimate of drug-likeness (QED) is 0.477. The van der Waals surface area contributed by atoms with Crippen LogP contribution in [-0.2, 0) is 9.59 Å². The molecule has 1 N–H and O–H groups in total. The predicted octanol–water partition coefficient (Wildman–Crippen LogP) is 5.09. The largest absolute Gasteiger partial charge is 0.351 e. The third-order valence-electron chi connectivity index (χ3n) is 5.13. The number of nitrogens with zero attached hydrogens (tertiary/aromatic N) is 1. The number of hydrogen-bond donors (Lipinski definition) is 1. The van der Waals surface area contributed by atoms with E-state index in [9.17, 15) is 9.59 Å². The molecule has 150 valence electrons. The maximum atomic E-state index is 13.3. The zero-order valence-electron chi connectivity index (χ0n) is 16.1. The third kappa shape index (κ3) is 6.69. The van der Waals surface area contributed by atoms with Crippen molar-refractivity contribution >= 4 is 35.0 Å². The lowest BCUT2D eigenvalue weighted by molar-refractivity contribution is -0.139. The number of benzene rings is 1. The van der Waals surface area contributed by atoms with Crippen molar-refractivity contribution in [2.45, 2.75) is 70.4 Å². The van der Waals surface area contributed by atoms with E-state index in [0.29, 0.717) is 11.6 Å². The van der Waals surface area contributed by atoms with Crippen LogP contribution >= 0.6 is 23.2 Å². The summed E-state index contributed by atoms with van der Waals surface area (Å²) in [7, 11) is 0. The summed E-state index contributed by atoms with van der Waals surface area (Å²) in [6.07, 6.45) is 8.47. The molecule has 1 aromatic carbocycles. The van der Waals surface area contributed by atoms with Gasteiger partial charge in [0.05, 0.1) is 0 Å². The SMILES string of the molecule is CCCCN(C(=O)CCl)[C@H](C(=O)NC1CCCCCC1)c1ccc(Cl)cc1. The van der Waals surface area contributed by atoms with E-state index in [1.807, 2.05) is 12.1 Å². The molecule has 0 spiro atoms. The lowest BCUT2D eigenvalue weighted by Gasteiger charge is -2.32. The van der Waals surface area contributed by atoms with Crippen molar-refractivity contribution in [3.63, 3.8) is 0 Å². The minimum atomic E-state index is -0.677. The number of halogens is 2. The first-order chi connectivity index (χ1) is 13.1. The van der Waals surface area contributed by atoms with Crippen molar-refractivity contribution in [1.29, 1.82) is 0 Å². The highest BCUT2D eigenvalue weighted by molar-refractivity contribution is 6.30. The van der Waals surface area contributed by atoms with Crippen LogP contribution in [0.15, 0.2) is 24.3 Å². The van der Waals surface area contributed by atoms with Gasteiger partial charge in [-0.25, -0.2) is 0 Å². The number of unbranched alkanes of at least 4 members (excludes halogenated alkanes) is 1. The highest BCUT2D eigenvalue weighted by atomic mass is 35.5. The van der Waals surface area contributed by atoms with Gasteiger partial charge in [-0.2, -0.15) is 0 Å². The van der Waals surface area contributed by atoms with E-state index >= 15 is 0 Å². The van der Waals surface area contributed by atoms with Crippen molar-refractivity contribution in [2.75, 3.05) is 12.4 Å². The number of carbonyl (C=O) groups excluding carboxylic acids is 2. The summed E-state index contributed by atoms with van der Waals surface area (Å²) in [5.41, 5.74) is 0.764.